The van der Waals surface area contributed by atoms with Crippen molar-refractivity contribution in [2.24, 2.45) is 5.92 Å². The first-order valence-corrected chi connectivity index (χ1v) is 5.07. The number of hydrogen-bond donors (Lipinski definition) is 1. The van der Waals surface area contributed by atoms with Crippen LogP contribution in [0.25, 0.3) is 0 Å². The fraction of sp³-hybridized carbons (Fsp3) is 0.875. The van der Waals surface area contributed by atoms with Gasteiger partial charge in [0.2, 0.25) is 0 Å². The zero-order chi connectivity index (χ0) is 7.98. The van der Waals surface area contributed by atoms with Gasteiger partial charge < -0.3 is 0 Å². The molecule has 60 valence electrons. The number of hydrogen-bond acceptors (Lipinski definition) is 1. The number of unbranched alkanes of at least 4 members (excludes halogenated alkanes) is 2. The molecule has 2 heteroatoms. The first-order chi connectivity index (χ1) is 4.68. The molecule has 0 aromatic heterocycles. The number of aliphatic hydroxyl groups is 1. The van der Waals surface area contributed by atoms with Crippen LogP contribution in [0.3, 0.4) is 0 Å². The Morgan fingerprint density at radius 2 is 2.10 bits per heavy atom. The van der Waals surface area contributed by atoms with E-state index in [0.29, 0.717) is 9.65 Å². The van der Waals surface area contributed by atoms with Crippen molar-refractivity contribution in [3.8, 4) is 0 Å². The molecule has 0 aliphatic carbocycles. The van der Waals surface area contributed by atoms with Crippen LogP contribution in [-0.4, -0.2) is 30.7 Å². The maximum atomic E-state index is 9.04. The van der Waals surface area contributed by atoms with Crippen LogP contribution in [0.1, 0.15) is 39.5 Å². The summed E-state index contributed by atoms with van der Waals surface area (Å²) in [5.74, 6) is 0.399. The molecule has 0 rings (SSSR count). The number of aliphatic hydroxyl groups excluding tert-OH is 1. The predicted octanol–water partition coefficient (Wildman–Crippen LogP) is 1.87. The van der Waals surface area contributed by atoms with E-state index in [9.17, 15) is 0 Å². The topological polar surface area (TPSA) is 20.2 Å². The van der Waals surface area contributed by atoms with Gasteiger partial charge in [-0.1, -0.05) is 0 Å². The van der Waals surface area contributed by atoms with Crippen LogP contribution in [-0.2, 0) is 0 Å². The summed E-state index contributed by atoms with van der Waals surface area (Å²) in [5, 5.41) is 9.04. The van der Waals surface area contributed by atoms with Crippen LogP contribution < -0.4 is 0 Å². The summed E-state index contributed by atoms with van der Waals surface area (Å²) in [4.78, 5) is 0. The van der Waals surface area contributed by atoms with E-state index in [1.807, 2.05) is 0 Å². The third-order valence-corrected chi connectivity index (χ3v) is 2.81. The molecule has 1 atom stereocenters. The quantitative estimate of drug-likeness (QED) is 0.588. The Morgan fingerprint density at radius 3 is 2.50 bits per heavy atom. The van der Waals surface area contributed by atoms with Gasteiger partial charge in [0.05, 0.1) is 0 Å². The van der Waals surface area contributed by atoms with Crippen molar-refractivity contribution < 1.29 is 5.11 Å². The Labute approximate surface area is 76.2 Å². The van der Waals surface area contributed by atoms with Crippen LogP contribution in [0.4, 0.5) is 0 Å². The van der Waals surface area contributed by atoms with Crippen molar-refractivity contribution in [1.82, 2.24) is 0 Å². The third kappa shape index (κ3) is 5.26. The Kier molecular flexibility index (Phi) is 6.47. The van der Waals surface area contributed by atoms with Crippen LogP contribution in [0.5, 0.6) is 0 Å². The van der Waals surface area contributed by atoms with Gasteiger partial charge in [-0.2, -0.15) is 0 Å². The first kappa shape index (κ1) is 10.5. The van der Waals surface area contributed by atoms with E-state index in [4.69, 9.17) is 5.11 Å². The normalized spacial score (nSPS) is 13.0. The van der Waals surface area contributed by atoms with E-state index in [1.54, 1.807) is 21.8 Å². The van der Waals surface area contributed by atoms with Gasteiger partial charge in [-0.15, -0.1) is 0 Å². The van der Waals surface area contributed by atoms with Gasteiger partial charge in [0.15, 0.2) is 0 Å². The van der Waals surface area contributed by atoms with Gasteiger partial charge >= 0.3 is 76.1 Å². The second kappa shape index (κ2) is 6.19. The molecule has 0 saturated heterocycles. The minimum atomic E-state index is 0.399. The summed E-state index contributed by atoms with van der Waals surface area (Å²) in [6.07, 6.45) is 4.94. The minimum absolute atomic E-state index is 0.399. The zero-order valence-corrected chi connectivity index (χ0v) is 9.09. The molecule has 0 aromatic carbocycles. The van der Waals surface area contributed by atoms with Gasteiger partial charge in [-0.3, -0.25) is 0 Å². The molecule has 1 unspecified atom stereocenters. The van der Waals surface area contributed by atoms with E-state index < -0.39 is 0 Å². The summed E-state index contributed by atoms with van der Waals surface area (Å²) in [6, 6.07) is 0. The van der Waals surface area contributed by atoms with Crippen molar-refractivity contribution >= 4 is 25.6 Å². The van der Waals surface area contributed by atoms with Crippen molar-refractivity contribution in [2.45, 2.75) is 39.5 Å². The van der Waals surface area contributed by atoms with E-state index >= 15 is 0 Å². The summed E-state index contributed by atoms with van der Waals surface area (Å²) in [5.41, 5.74) is 0. The molecule has 0 aliphatic heterocycles. The molecule has 0 amide bonds. The molecule has 0 fully saturated rings. The van der Waals surface area contributed by atoms with Crippen LogP contribution in [0, 0.1) is 5.92 Å². The Balaban J connectivity index is 3.21. The Bertz CT molecular complexity index is 101. The van der Waals surface area contributed by atoms with E-state index in [-0.39, 0.29) is 0 Å². The average Bonchev–Trinajstić information content (AvgIpc) is 1.88. The average molecular weight is 256 g/mol. The zero-order valence-electron chi connectivity index (χ0n) is 6.76. The fourth-order valence-corrected chi connectivity index (χ4v) is 1.16. The van der Waals surface area contributed by atoms with Gasteiger partial charge in [-0.25, -0.2) is 0 Å². The van der Waals surface area contributed by atoms with Crippen LogP contribution >= 0.6 is 0 Å². The first-order valence-electron chi connectivity index (χ1n) is 3.91. The van der Waals surface area contributed by atoms with Crippen LogP contribution in [0.2, 0.25) is 0 Å². The summed E-state index contributed by atoms with van der Waals surface area (Å²) in [7, 11) is 0. The van der Waals surface area contributed by atoms with E-state index in [1.165, 1.54) is 19.3 Å². The van der Waals surface area contributed by atoms with Gasteiger partial charge in [0, 0.05) is 0 Å². The molecular formula is C8H16OTe. The summed E-state index contributed by atoms with van der Waals surface area (Å²) >= 11 is 1.72. The molecule has 1 nitrogen and oxygen atoms in total. The second-order valence-corrected chi connectivity index (χ2v) is 3.93. The molecule has 1 N–H and O–H groups in total. The van der Waals surface area contributed by atoms with Crippen molar-refractivity contribution in [3.63, 3.8) is 0 Å². The molecule has 0 heterocycles. The van der Waals surface area contributed by atoms with Crippen molar-refractivity contribution in [3.05, 3.63) is 0 Å². The Morgan fingerprint density at radius 1 is 1.50 bits per heavy atom. The molecule has 0 spiro atoms. The second-order valence-electron chi connectivity index (χ2n) is 2.74. The summed E-state index contributed by atoms with van der Waals surface area (Å²) in [6.45, 7) is 4.27. The predicted molar refractivity (Wildman–Crippen MR) is 46.0 cm³/mol. The molecular weight excluding hydrogens is 240 g/mol. The van der Waals surface area contributed by atoms with Gasteiger partial charge in [0.1, 0.15) is 0 Å². The monoisotopic (exact) mass is 258 g/mol. The number of rotatable bonds is 5. The van der Waals surface area contributed by atoms with Gasteiger partial charge in [0.25, 0.3) is 0 Å². The fourth-order valence-electron chi connectivity index (χ4n) is 0.824. The molecule has 0 aromatic rings. The third-order valence-electron chi connectivity index (χ3n) is 1.66. The SMILES string of the molecule is CCCCCC(C)C(O)=[Te]. The molecule has 10 heavy (non-hydrogen) atoms. The summed E-state index contributed by atoms with van der Waals surface area (Å²) < 4.78 is 0.590. The van der Waals surface area contributed by atoms with Crippen molar-refractivity contribution in [2.75, 3.05) is 0 Å². The van der Waals surface area contributed by atoms with E-state index in [0.717, 1.165) is 6.42 Å². The molecule has 0 radical (unpaired) electrons. The standard InChI is InChI=1S/C8H16OTe/c1-3-4-5-6-7(2)8(9)10/h7H,3-6H2,1-2H3,(H,9,10). The molecule has 0 saturated carbocycles. The Hall–Kier alpha value is 0.460. The molecule has 0 aliphatic rings. The van der Waals surface area contributed by atoms with Crippen molar-refractivity contribution in [1.29, 1.82) is 0 Å². The molecule has 0 bridgehead atoms. The van der Waals surface area contributed by atoms with Gasteiger partial charge in [-0.05, 0) is 0 Å². The van der Waals surface area contributed by atoms with E-state index in [2.05, 4.69) is 13.8 Å². The maximum absolute atomic E-state index is 9.04. The van der Waals surface area contributed by atoms with Crippen LogP contribution in [0.15, 0.2) is 0 Å².